The number of carbonyl (C=O) groups excluding carboxylic acids is 1. The van der Waals surface area contributed by atoms with Crippen LogP contribution in [0.25, 0.3) is 5.65 Å². The van der Waals surface area contributed by atoms with Crippen LogP contribution in [0.4, 0.5) is 24.9 Å². The third-order valence-electron chi connectivity index (χ3n) is 4.18. The van der Waals surface area contributed by atoms with Crippen LogP contribution in [0.5, 0.6) is 0 Å². The Balaban J connectivity index is 1.66. The predicted octanol–water partition coefficient (Wildman–Crippen LogP) is 3.22. The number of hydrogen-bond donors (Lipinski definition) is 2. The van der Waals surface area contributed by atoms with Gasteiger partial charge in [0.15, 0.2) is 5.65 Å². The maximum absolute atomic E-state index is 13.2. The highest BCUT2D eigenvalue weighted by Crippen LogP contribution is 2.33. The van der Waals surface area contributed by atoms with Gasteiger partial charge in [0, 0.05) is 18.9 Å². The Labute approximate surface area is 151 Å². The highest BCUT2D eigenvalue weighted by atomic mass is 19.4. The molecule has 7 nitrogen and oxygen atoms in total. The number of halogens is 3. The fourth-order valence-corrected chi connectivity index (χ4v) is 2.57. The first-order valence-corrected chi connectivity index (χ1v) is 8.33. The standard InChI is InChI=1S/C17H15F3N6O/c18-17(19,20)12-6-13(22-8-10-3-4-10)26-14(7-12)23-16(25-26)24-15(27)11-2-1-5-21-9-11/h1-2,5-7,9-10,22H,3-4,8H2,(H,24,25,27). The molecule has 3 aromatic heterocycles. The summed E-state index contributed by atoms with van der Waals surface area (Å²) in [7, 11) is 0. The van der Waals surface area contributed by atoms with Crippen molar-refractivity contribution >= 4 is 23.3 Å². The van der Waals surface area contributed by atoms with Crippen molar-refractivity contribution in [1.82, 2.24) is 19.6 Å². The summed E-state index contributed by atoms with van der Waals surface area (Å²) in [6.07, 6.45) is 0.493. The fourth-order valence-electron chi connectivity index (χ4n) is 2.57. The van der Waals surface area contributed by atoms with Gasteiger partial charge in [0.1, 0.15) is 5.82 Å². The zero-order chi connectivity index (χ0) is 19.0. The van der Waals surface area contributed by atoms with Gasteiger partial charge in [0.2, 0.25) is 5.95 Å². The molecule has 1 fully saturated rings. The quantitative estimate of drug-likeness (QED) is 0.714. The number of nitrogens with one attached hydrogen (secondary N) is 2. The molecule has 0 radical (unpaired) electrons. The number of alkyl halides is 3. The van der Waals surface area contributed by atoms with E-state index in [1.54, 1.807) is 12.1 Å². The van der Waals surface area contributed by atoms with Crippen LogP contribution in [-0.4, -0.2) is 32.0 Å². The molecular formula is C17H15F3N6O. The van der Waals surface area contributed by atoms with Crippen molar-refractivity contribution in [2.24, 2.45) is 5.92 Å². The molecule has 1 amide bonds. The maximum atomic E-state index is 13.2. The van der Waals surface area contributed by atoms with Crippen LogP contribution in [0, 0.1) is 5.92 Å². The molecule has 0 spiro atoms. The zero-order valence-electron chi connectivity index (χ0n) is 14.0. The monoisotopic (exact) mass is 376 g/mol. The Hall–Kier alpha value is -3.17. The molecule has 10 heteroatoms. The highest BCUT2D eigenvalue weighted by Gasteiger charge is 2.32. The Morgan fingerprint density at radius 3 is 2.78 bits per heavy atom. The third-order valence-corrected chi connectivity index (χ3v) is 4.18. The molecule has 1 aliphatic rings. The molecule has 3 heterocycles. The molecule has 0 aromatic carbocycles. The summed E-state index contributed by atoms with van der Waals surface area (Å²) >= 11 is 0. The zero-order valence-corrected chi connectivity index (χ0v) is 14.0. The lowest BCUT2D eigenvalue weighted by Crippen LogP contribution is -2.13. The van der Waals surface area contributed by atoms with E-state index in [1.807, 2.05) is 0 Å². The second-order valence-corrected chi connectivity index (χ2v) is 6.35. The van der Waals surface area contributed by atoms with Gasteiger partial charge in [-0.05, 0) is 43.0 Å². The van der Waals surface area contributed by atoms with Crippen LogP contribution < -0.4 is 10.6 Å². The molecule has 27 heavy (non-hydrogen) atoms. The third kappa shape index (κ3) is 3.83. The Morgan fingerprint density at radius 2 is 2.11 bits per heavy atom. The number of aromatic nitrogens is 4. The molecule has 1 aliphatic carbocycles. The number of amides is 1. The molecule has 0 bridgehead atoms. The highest BCUT2D eigenvalue weighted by molar-refractivity contribution is 6.03. The molecule has 0 saturated heterocycles. The molecule has 4 rings (SSSR count). The van der Waals surface area contributed by atoms with Gasteiger partial charge in [-0.15, -0.1) is 5.10 Å². The van der Waals surface area contributed by atoms with Gasteiger partial charge in [-0.3, -0.25) is 15.1 Å². The Kier molecular flexibility index (Phi) is 4.17. The lowest BCUT2D eigenvalue weighted by Gasteiger charge is -2.11. The van der Waals surface area contributed by atoms with Crippen molar-refractivity contribution < 1.29 is 18.0 Å². The molecule has 2 N–H and O–H groups in total. The van der Waals surface area contributed by atoms with Crippen molar-refractivity contribution in [2.45, 2.75) is 19.0 Å². The van der Waals surface area contributed by atoms with E-state index in [0.29, 0.717) is 18.0 Å². The number of anilines is 2. The van der Waals surface area contributed by atoms with E-state index in [4.69, 9.17) is 0 Å². The lowest BCUT2D eigenvalue weighted by atomic mass is 10.2. The van der Waals surface area contributed by atoms with Crippen LogP contribution in [0.2, 0.25) is 0 Å². The number of nitrogens with zero attached hydrogens (tertiary/aromatic N) is 4. The van der Waals surface area contributed by atoms with Crippen LogP contribution >= 0.6 is 0 Å². The SMILES string of the molecule is O=C(Nc1nc2cc(C(F)(F)F)cc(NCC3CC3)n2n1)c1cccnc1. The first-order chi connectivity index (χ1) is 12.9. The van der Waals surface area contributed by atoms with Gasteiger partial charge < -0.3 is 5.32 Å². The van der Waals surface area contributed by atoms with Gasteiger partial charge in [0.05, 0.1) is 11.1 Å². The van der Waals surface area contributed by atoms with E-state index in [1.165, 1.54) is 16.9 Å². The first kappa shape index (κ1) is 17.3. The van der Waals surface area contributed by atoms with Crippen molar-refractivity contribution in [3.8, 4) is 0 Å². The first-order valence-electron chi connectivity index (χ1n) is 8.33. The number of carbonyl (C=O) groups is 1. The van der Waals surface area contributed by atoms with E-state index in [2.05, 4.69) is 25.7 Å². The van der Waals surface area contributed by atoms with E-state index < -0.39 is 17.6 Å². The van der Waals surface area contributed by atoms with Crippen molar-refractivity contribution in [2.75, 3.05) is 17.2 Å². The largest absolute Gasteiger partial charge is 0.416 e. The minimum Gasteiger partial charge on any atom is -0.370 e. The smallest absolute Gasteiger partial charge is 0.370 e. The molecule has 0 aliphatic heterocycles. The number of rotatable bonds is 5. The molecular weight excluding hydrogens is 361 g/mol. The topological polar surface area (TPSA) is 84.2 Å². The fraction of sp³-hybridized carbons (Fsp3) is 0.294. The summed E-state index contributed by atoms with van der Waals surface area (Å²) in [6.45, 7) is 0.563. The van der Waals surface area contributed by atoms with E-state index in [0.717, 1.165) is 25.0 Å². The summed E-state index contributed by atoms with van der Waals surface area (Å²) < 4.78 is 40.8. The average Bonchev–Trinajstić information content (AvgIpc) is 3.37. The Morgan fingerprint density at radius 1 is 1.30 bits per heavy atom. The number of hydrogen-bond acceptors (Lipinski definition) is 5. The van der Waals surface area contributed by atoms with Crippen LogP contribution in [-0.2, 0) is 6.18 Å². The van der Waals surface area contributed by atoms with E-state index in [-0.39, 0.29) is 17.4 Å². The van der Waals surface area contributed by atoms with Crippen LogP contribution in [0.15, 0.2) is 36.7 Å². The summed E-state index contributed by atoms with van der Waals surface area (Å²) in [5, 5.41) is 9.60. The van der Waals surface area contributed by atoms with Gasteiger partial charge in [-0.1, -0.05) is 0 Å². The Bertz CT molecular complexity index is 981. The molecule has 0 unspecified atom stereocenters. The van der Waals surface area contributed by atoms with Crippen LogP contribution in [0.1, 0.15) is 28.8 Å². The van der Waals surface area contributed by atoms with Gasteiger partial charge >= 0.3 is 6.18 Å². The molecule has 1 saturated carbocycles. The molecule has 0 atom stereocenters. The van der Waals surface area contributed by atoms with E-state index in [9.17, 15) is 18.0 Å². The number of pyridine rings is 2. The summed E-state index contributed by atoms with van der Waals surface area (Å²) in [4.78, 5) is 20.1. The van der Waals surface area contributed by atoms with Gasteiger partial charge in [-0.2, -0.15) is 22.7 Å². The average molecular weight is 376 g/mol. The van der Waals surface area contributed by atoms with Gasteiger partial charge in [0.25, 0.3) is 5.91 Å². The van der Waals surface area contributed by atoms with Crippen molar-refractivity contribution in [3.63, 3.8) is 0 Å². The second kappa shape index (κ2) is 6.53. The van der Waals surface area contributed by atoms with E-state index >= 15 is 0 Å². The van der Waals surface area contributed by atoms with Crippen molar-refractivity contribution in [1.29, 1.82) is 0 Å². The molecule has 3 aromatic rings. The van der Waals surface area contributed by atoms with Crippen molar-refractivity contribution in [3.05, 3.63) is 47.8 Å². The summed E-state index contributed by atoms with van der Waals surface area (Å²) in [5.74, 6) is 0.0594. The summed E-state index contributed by atoms with van der Waals surface area (Å²) in [5.41, 5.74) is -0.546. The summed E-state index contributed by atoms with van der Waals surface area (Å²) in [6, 6.07) is 5.05. The number of fused-ring (bicyclic) bond motifs is 1. The second-order valence-electron chi connectivity index (χ2n) is 6.35. The minimum absolute atomic E-state index is 0.00962. The van der Waals surface area contributed by atoms with Crippen LogP contribution in [0.3, 0.4) is 0 Å². The lowest BCUT2D eigenvalue weighted by molar-refractivity contribution is -0.137. The minimum atomic E-state index is -4.51. The van der Waals surface area contributed by atoms with Gasteiger partial charge in [-0.25, -0.2) is 0 Å². The predicted molar refractivity (Wildman–Crippen MR) is 91.4 cm³/mol. The normalized spacial score (nSPS) is 14.3. The maximum Gasteiger partial charge on any atom is 0.416 e. The molecule has 140 valence electrons.